The first-order chi connectivity index (χ1) is 16.0. The summed E-state index contributed by atoms with van der Waals surface area (Å²) in [6.07, 6.45) is 1.15. The maximum absolute atomic E-state index is 14.8. The molecule has 2 N–H and O–H groups in total. The van der Waals surface area contributed by atoms with Gasteiger partial charge in [0.1, 0.15) is 11.9 Å². The number of rotatable bonds is 4. The van der Waals surface area contributed by atoms with Crippen LogP contribution in [-0.4, -0.2) is 29.4 Å². The zero-order valence-corrected chi connectivity index (χ0v) is 18.3. The van der Waals surface area contributed by atoms with Crippen molar-refractivity contribution < 1.29 is 14.0 Å². The van der Waals surface area contributed by atoms with Gasteiger partial charge in [-0.3, -0.25) is 4.79 Å². The van der Waals surface area contributed by atoms with E-state index < -0.39 is 23.8 Å². The van der Waals surface area contributed by atoms with Gasteiger partial charge in [-0.25, -0.2) is 9.18 Å². The van der Waals surface area contributed by atoms with E-state index in [4.69, 9.17) is 11.6 Å². The number of carbonyl (C=O) groups is 2. The Morgan fingerprint density at radius 1 is 1.06 bits per heavy atom. The van der Waals surface area contributed by atoms with Gasteiger partial charge in [0.15, 0.2) is 0 Å². The van der Waals surface area contributed by atoms with E-state index in [0.29, 0.717) is 46.8 Å². The zero-order chi connectivity index (χ0) is 23.4. The fourth-order valence-corrected chi connectivity index (χ4v) is 3.97. The molecule has 0 saturated carbocycles. The minimum atomic E-state index is -0.712. The molecule has 0 unspecified atom stereocenters. The maximum atomic E-state index is 14.8. The maximum Gasteiger partial charge on any atom is 0.322 e. The number of urea groups is 1. The van der Waals surface area contributed by atoms with Crippen LogP contribution in [0.25, 0.3) is 11.1 Å². The van der Waals surface area contributed by atoms with Gasteiger partial charge in [0.2, 0.25) is 5.91 Å². The summed E-state index contributed by atoms with van der Waals surface area (Å²) in [7, 11) is 0. The first kappa shape index (κ1) is 22.3. The molecule has 6 nitrogen and oxygen atoms in total. The van der Waals surface area contributed by atoms with Gasteiger partial charge in [0, 0.05) is 17.3 Å². The molecular weight excluding hydrogens is 443 g/mol. The van der Waals surface area contributed by atoms with Gasteiger partial charge in [-0.05, 0) is 66.4 Å². The molecule has 3 aromatic carbocycles. The first-order valence-corrected chi connectivity index (χ1v) is 10.8. The van der Waals surface area contributed by atoms with Gasteiger partial charge < -0.3 is 15.5 Å². The standard InChI is InChI=1S/C25H20ClFN4O2/c26-18-8-10-19(11-9-18)29-25(33)31-13-3-6-23(31)24(32)30-22-12-7-16(14-21(22)27)20-5-2-1-4-17(20)15-28/h1-2,4-5,7-12,14,23H,3,6,13H2,(H,29,33)(H,30,32)/t23-/m1/s1. The molecular formula is C25H20ClFN4O2. The Balaban J connectivity index is 1.46. The second-order valence-electron chi connectivity index (χ2n) is 7.63. The molecule has 0 aromatic heterocycles. The number of hydrogen-bond donors (Lipinski definition) is 2. The average Bonchev–Trinajstić information content (AvgIpc) is 3.32. The van der Waals surface area contributed by atoms with E-state index in [9.17, 15) is 19.2 Å². The Bertz CT molecular complexity index is 1240. The van der Waals surface area contributed by atoms with Crippen LogP contribution in [0.4, 0.5) is 20.6 Å². The van der Waals surface area contributed by atoms with Crippen LogP contribution in [0.15, 0.2) is 66.7 Å². The van der Waals surface area contributed by atoms with E-state index in [1.54, 1.807) is 54.6 Å². The van der Waals surface area contributed by atoms with Crippen LogP contribution in [0, 0.1) is 17.1 Å². The molecule has 0 spiro atoms. The average molecular weight is 463 g/mol. The van der Waals surface area contributed by atoms with Crippen LogP contribution in [-0.2, 0) is 4.79 Å². The summed E-state index contributed by atoms with van der Waals surface area (Å²) in [6, 6.07) is 18.9. The number of nitrogens with zero attached hydrogens (tertiary/aromatic N) is 2. The number of benzene rings is 3. The van der Waals surface area contributed by atoms with E-state index in [1.165, 1.54) is 17.0 Å². The monoisotopic (exact) mass is 462 g/mol. The van der Waals surface area contributed by atoms with Crippen molar-refractivity contribution >= 4 is 34.9 Å². The normalized spacial score (nSPS) is 15.1. The van der Waals surface area contributed by atoms with Gasteiger partial charge in [-0.15, -0.1) is 0 Å². The number of carbonyl (C=O) groups excluding carboxylic acids is 2. The number of halogens is 2. The number of nitriles is 1. The third-order valence-electron chi connectivity index (χ3n) is 5.50. The predicted octanol–water partition coefficient (Wildman–Crippen LogP) is 5.65. The topological polar surface area (TPSA) is 85.2 Å². The molecule has 1 aliphatic rings. The molecule has 1 atom stereocenters. The van der Waals surface area contributed by atoms with Crippen LogP contribution in [0.2, 0.25) is 5.02 Å². The molecule has 3 aromatic rings. The molecule has 8 heteroatoms. The number of likely N-dealkylation sites (tertiary alicyclic amines) is 1. The third kappa shape index (κ3) is 4.97. The fourth-order valence-electron chi connectivity index (χ4n) is 3.84. The van der Waals surface area contributed by atoms with E-state index in [1.807, 2.05) is 0 Å². The van der Waals surface area contributed by atoms with Crippen LogP contribution >= 0.6 is 11.6 Å². The highest BCUT2D eigenvalue weighted by Gasteiger charge is 2.34. The molecule has 1 aliphatic heterocycles. The minimum absolute atomic E-state index is 0.0168. The van der Waals surface area contributed by atoms with Crippen LogP contribution < -0.4 is 10.6 Å². The van der Waals surface area contributed by atoms with E-state index in [0.717, 1.165) is 0 Å². The lowest BCUT2D eigenvalue weighted by atomic mass is 10.00. The van der Waals surface area contributed by atoms with Crippen molar-refractivity contribution in [1.29, 1.82) is 5.26 Å². The summed E-state index contributed by atoms with van der Waals surface area (Å²) < 4.78 is 14.8. The lowest BCUT2D eigenvalue weighted by Gasteiger charge is -2.24. The van der Waals surface area contributed by atoms with Gasteiger partial charge >= 0.3 is 6.03 Å². The van der Waals surface area contributed by atoms with E-state index >= 15 is 0 Å². The summed E-state index contributed by atoms with van der Waals surface area (Å²) in [5.41, 5.74) is 2.16. The molecule has 1 heterocycles. The molecule has 4 rings (SSSR count). The lowest BCUT2D eigenvalue weighted by Crippen LogP contribution is -2.45. The summed E-state index contributed by atoms with van der Waals surface area (Å²) in [6.45, 7) is 0.421. The van der Waals surface area contributed by atoms with Crippen LogP contribution in [0.1, 0.15) is 18.4 Å². The number of nitrogens with one attached hydrogen (secondary N) is 2. The largest absolute Gasteiger partial charge is 0.322 e. The fraction of sp³-hybridized carbons (Fsp3) is 0.160. The Hall–Kier alpha value is -3.89. The molecule has 0 bridgehead atoms. The Morgan fingerprint density at radius 3 is 2.55 bits per heavy atom. The van der Waals surface area contributed by atoms with Crippen LogP contribution in [0.5, 0.6) is 0 Å². The Kier molecular flexibility index (Phi) is 6.57. The Labute approximate surface area is 195 Å². The molecule has 3 amide bonds. The molecule has 0 aliphatic carbocycles. The summed E-state index contributed by atoms with van der Waals surface area (Å²) in [4.78, 5) is 27.0. The summed E-state index contributed by atoms with van der Waals surface area (Å²) in [5.74, 6) is -1.08. The number of anilines is 2. The highest BCUT2D eigenvalue weighted by atomic mass is 35.5. The smallest absolute Gasteiger partial charge is 0.322 e. The molecule has 1 fully saturated rings. The third-order valence-corrected chi connectivity index (χ3v) is 5.75. The van der Waals surface area contributed by atoms with Gasteiger partial charge in [-0.1, -0.05) is 35.9 Å². The van der Waals surface area contributed by atoms with Crippen molar-refractivity contribution in [2.24, 2.45) is 0 Å². The van der Waals surface area contributed by atoms with Gasteiger partial charge in [-0.2, -0.15) is 5.26 Å². The number of amides is 3. The SMILES string of the molecule is N#Cc1ccccc1-c1ccc(NC(=O)[C@H]2CCCN2C(=O)Nc2ccc(Cl)cc2)c(F)c1. The highest BCUT2D eigenvalue weighted by Crippen LogP contribution is 2.28. The van der Waals surface area contributed by atoms with Crippen molar-refractivity contribution in [2.45, 2.75) is 18.9 Å². The number of hydrogen-bond acceptors (Lipinski definition) is 3. The molecule has 166 valence electrons. The van der Waals surface area contributed by atoms with Crippen molar-refractivity contribution in [3.8, 4) is 17.2 Å². The van der Waals surface area contributed by atoms with Crippen molar-refractivity contribution in [3.63, 3.8) is 0 Å². The van der Waals surface area contributed by atoms with Crippen molar-refractivity contribution in [3.05, 3.63) is 83.1 Å². The second kappa shape index (κ2) is 9.72. The van der Waals surface area contributed by atoms with E-state index in [2.05, 4.69) is 16.7 Å². The molecule has 1 saturated heterocycles. The quantitative estimate of drug-likeness (QED) is 0.525. The van der Waals surface area contributed by atoms with Crippen LogP contribution in [0.3, 0.4) is 0 Å². The van der Waals surface area contributed by atoms with Gasteiger partial charge in [0.25, 0.3) is 0 Å². The summed E-state index contributed by atoms with van der Waals surface area (Å²) >= 11 is 5.87. The minimum Gasteiger partial charge on any atom is -0.322 e. The highest BCUT2D eigenvalue weighted by molar-refractivity contribution is 6.30. The second-order valence-corrected chi connectivity index (χ2v) is 8.07. The Morgan fingerprint density at radius 2 is 1.82 bits per heavy atom. The lowest BCUT2D eigenvalue weighted by molar-refractivity contribution is -0.119. The molecule has 0 radical (unpaired) electrons. The predicted molar refractivity (Wildman–Crippen MR) is 125 cm³/mol. The van der Waals surface area contributed by atoms with Crippen molar-refractivity contribution in [2.75, 3.05) is 17.2 Å². The summed E-state index contributed by atoms with van der Waals surface area (Å²) in [5, 5.41) is 15.2. The molecule has 33 heavy (non-hydrogen) atoms. The van der Waals surface area contributed by atoms with Crippen molar-refractivity contribution in [1.82, 2.24) is 4.90 Å². The zero-order valence-electron chi connectivity index (χ0n) is 17.5. The first-order valence-electron chi connectivity index (χ1n) is 10.4. The van der Waals surface area contributed by atoms with E-state index in [-0.39, 0.29) is 5.69 Å². The van der Waals surface area contributed by atoms with Gasteiger partial charge in [0.05, 0.1) is 17.3 Å².